The van der Waals surface area contributed by atoms with E-state index in [2.05, 4.69) is 20.9 Å². The van der Waals surface area contributed by atoms with Gasteiger partial charge in [-0.1, -0.05) is 23.7 Å². The van der Waals surface area contributed by atoms with E-state index in [1.54, 1.807) is 24.3 Å². The second kappa shape index (κ2) is 5.42. The van der Waals surface area contributed by atoms with Crippen molar-refractivity contribution >= 4 is 38.5 Å². The number of benzene rings is 1. The van der Waals surface area contributed by atoms with Crippen molar-refractivity contribution in [1.29, 1.82) is 0 Å². The molecule has 102 valence electrons. The molecule has 0 N–H and O–H groups in total. The summed E-state index contributed by atoms with van der Waals surface area (Å²) in [5.74, 6) is 0.467. The van der Waals surface area contributed by atoms with Crippen molar-refractivity contribution in [3.8, 4) is 5.88 Å². The Labute approximate surface area is 127 Å². The number of furan rings is 1. The summed E-state index contributed by atoms with van der Waals surface area (Å²) >= 11 is 9.26. The molecule has 0 amide bonds. The molecule has 1 aromatic carbocycles. The number of hydrogen-bond donors (Lipinski definition) is 0. The van der Waals surface area contributed by atoms with Crippen LogP contribution in [0.3, 0.4) is 0 Å². The molecular weight excluding hydrogens is 349 g/mol. The van der Waals surface area contributed by atoms with Crippen LogP contribution < -0.4 is 4.74 Å². The minimum absolute atomic E-state index is 0.212. The molecule has 0 fully saturated rings. The normalized spacial score (nSPS) is 10.9. The number of fused-ring (bicyclic) bond motifs is 1. The average molecular weight is 357 g/mol. The lowest BCUT2D eigenvalue weighted by molar-refractivity contribution is 0.291. The first-order valence-electron chi connectivity index (χ1n) is 5.75. The maximum absolute atomic E-state index is 13.2. The maximum Gasteiger partial charge on any atom is 0.278 e. The third-order valence-corrected chi connectivity index (χ3v) is 3.52. The smallest absolute Gasteiger partial charge is 0.278 e. The zero-order valence-electron chi connectivity index (χ0n) is 10.1. The molecule has 3 aromatic rings. The number of aromatic nitrogens is 1. The van der Waals surface area contributed by atoms with Crippen molar-refractivity contribution in [2.24, 2.45) is 0 Å². The third-order valence-electron chi connectivity index (χ3n) is 2.75. The van der Waals surface area contributed by atoms with Gasteiger partial charge in [0, 0.05) is 23.1 Å². The Kier molecular flexibility index (Phi) is 3.63. The molecule has 3 rings (SSSR count). The lowest BCUT2D eigenvalue weighted by atomic mass is 10.1. The number of hydrogen-bond acceptors (Lipinski definition) is 3. The highest BCUT2D eigenvalue weighted by atomic mass is 79.9. The van der Waals surface area contributed by atoms with Crippen LogP contribution in [0.15, 0.2) is 45.4 Å². The quantitative estimate of drug-likeness (QED) is 0.622. The largest absolute Gasteiger partial charge is 0.473 e. The van der Waals surface area contributed by atoms with Gasteiger partial charge in [-0.2, -0.15) is 4.39 Å². The van der Waals surface area contributed by atoms with Crippen molar-refractivity contribution in [3.05, 3.63) is 57.6 Å². The molecule has 6 heteroatoms. The molecule has 0 spiro atoms. The molecule has 0 saturated heterocycles. The van der Waals surface area contributed by atoms with Gasteiger partial charge in [-0.3, -0.25) is 0 Å². The van der Waals surface area contributed by atoms with Crippen molar-refractivity contribution in [2.75, 3.05) is 0 Å². The molecule has 3 nitrogen and oxygen atoms in total. The fourth-order valence-electron chi connectivity index (χ4n) is 1.85. The van der Waals surface area contributed by atoms with Gasteiger partial charge in [0.05, 0.1) is 5.02 Å². The first-order chi connectivity index (χ1) is 9.63. The standard InChI is InChI=1S/C14H8BrClFNO2/c15-11-2-1-3-13(18-11)19-7-8-4-5-10(16)9-6-12(17)20-14(8)9/h1-6H,7H2. The number of halogens is 3. The fourth-order valence-corrected chi connectivity index (χ4v) is 2.38. The molecule has 0 saturated carbocycles. The van der Waals surface area contributed by atoms with E-state index in [0.717, 1.165) is 0 Å². The van der Waals surface area contributed by atoms with Crippen molar-refractivity contribution in [3.63, 3.8) is 0 Å². The molecule has 0 radical (unpaired) electrons. The van der Waals surface area contributed by atoms with Crippen molar-refractivity contribution in [1.82, 2.24) is 4.98 Å². The predicted molar refractivity (Wildman–Crippen MR) is 77.5 cm³/mol. The molecule has 0 atom stereocenters. The molecule has 20 heavy (non-hydrogen) atoms. The van der Waals surface area contributed by atoms with Gasteiger partial charge in [0.25, 0.3) is 6.01 Å². The second-order valence-corrected chi connectivity index (χ2v) is 5.31. The van der Waals surface area contributed by atoms with Crippen LogP contribution >= 0.6 is 27.5 Å². The van der Waals surface area contributed by atoms with Crippen LogP contribution in [0.25, 0.3) is 11.0 Å². The van der Waals surface area contributed by atoms with E-state index in [-0.39, 0.29) is 6.61 Å². The average Bonchev–Trinajstić information content (AvgIpc) is 2.81. The molecular formula is C14H8BrClFNO2. The monoisotopic (exact) mass is 355 g/mol. The lowest BCUT2D eigenvalue weighted by Crippen LogP contribution is -1.97. The van der Waals surface area contributed by atoms with Gasteiger partial charge in [0.1, 0.15) is 16.8 Å². The number of pyridine rings is 1. The van der Waals surface area contributed by atoms with Gasteiger partial charge >= 0.3 is 0 Å². The first-order valence-corrected chi connectivity index (χ1v) is 6.92. The highest BCUT2D eigenvalue weighted by Gasteiger charge is 2.12. The van der Waals surface area contributed by atoms with E-state index >= 15 is 0 Å². The summed E-state index contributed by atoms with van der Waals surface area (Å²) in [5, 5.41) is 0.976. The molecule has 2 aromatic heterocycles. The lowest BCUT2D eigenvalue weighted by Gasteiger charge is -2.06. The number of rotatable bonds is 3. The SMILES string of the molecule is Fc1cc2c(Cl)ccc(COc3cccc(Br)n3)c2o1. The van der Waals surface area contributed by atoms with E-state index in [4.69, 9.17) is 20.8 Å². The Morgan fingerprint density at radius 2 is 2.15 bits per heavy atom. The molecule has 0 unspecified atom stereocenters. The predicted octanol–water partition coefficient (Wildman–Crippen LogP) is 4.96. The van der Waals surface area contributed by atoms with Crippen LogP contribution in [0, 0.1) is 6.01 Å². The first kappa shape index (κ1) is 13.4. The van der Waals surface area contributed by atoms with Crippen molar-refractivity contribution in [2.45, 2.75) is 6.61 Å². The fraction of sp³-hybridized carbons (Fsp3) is 0.0714. The van der Waals surface area contributed by atoms with Crippen LogP contribution in [-0.4, -0.2) is 4.98 Å². The highest BCUT2D eigenvalue weighted by molar-refractivity contribution is 9.10. The van der Waals surface area contributed by atoms with E-state index in [0.29, 0.717) is 32.0 Å². The van der Waals surface area contributed by atoms with Gasteiger partial charge in [0.15, 0.2) is 0 Å². The molecule has 0 aliphatic heterocycles. The van der Waals surface area contributed by atoms with Crippen LogP contribution in [0.1, 0.15) is 5.56 Å². The van der Waals surface area contributed by atoms with E-state index in [1.165, 1.54) is 6.07 Å². The van der Waals surface area contributed by atoms with Gasteiger partial charge in [-0.05, 0) is 28.1 Å². The Balaban J connectivity index is 1.89. The van der Waals surface area contributed by atoms with Crippen molar-refractivity contribution < 1.29 is 13.5 Å². The Morgan fingerprint density at radius 3 is 2.95 bits per heavy atom. The number of nitrogens with zero attached hydrogens (tertiary/aromatic N) is 1. The Bertz CT molecular complexity index is 775. The summed E-state index contributed by atoms with van der Waals surface area (Å²) in [6.45, 7) is 0.212. The molecule has 0 aliphatic rings. The molecule has 2 heterocycles. The topological polar surface area (TPSA) is 35.3 Å². The maximum atomic E-state index is 13.2. The molecule has 0 bridgehead atoms. The minimum Gasteiger partial charge on any atom is -0.473 e. The second-order valence-electron chi connectivity index (χ2n) is 4.09. The summed E-state index contributed by atoms with van der Waals surface area (Å²) < 4.78 is 24.5. The van der Waals surface area contributed by atoms with Crippen LogP contribution in [0.2, 0.25) is 5.02 Å². The number of ether oxygens (including phenoxy) is 1. The van der Waals surface area contributed by atoms with Gasteiger partial charge in [-0.25, -0.2) is 4.98 Å². The van der Waals surface area contributed by atoms with E-state index in [9.17, 15) is 4.39 Å². The van der Waals surface area contributed by atoms with Gasteiger partial charge in [-0.15, -0.1) is 0 Å². The summed E-state index contributed by atoms with van der Waals surface area (Å²) in [5.41, 5.74) is 1.10. The summed E-state index contributed by atoms with van der Waals surface area (Å²) in [6, 6.07) is 9.37. The van der Waals surface area contributed by atoms with Gasteiger partial charge < -0.3 is 9.15 Å². The summed E-state index contributed by atoms with van der Waals surface area (Å²) in [7, 11) is 0. The van der Waals surface area contributed by atoms with Crippen LogP contribution in [0.5, 0.6) is 5.88 Å². The zero-order chi connectivity index (χ0) is 14.1. The van der Waals surface area contributed by atoms with Crippen LogP contribution in [-0.2, 0) is 6.61 Å². The Morgan fingerprint density at radius 1 is 1.30 bits per heavy atom. The zero-order valence-corrected chi connectivity index (χ0v) is 12.4. The summed E-state index contributed by atoms with van der Waals surface area (Å²) in [6.07, 6.45) is 0. The van der Waals surface area contributed by atoms with E-state index in [1.807, 2.05) is 6.07 Å². The van der Waals surface area contributed by atoms with E-state index < -0.39 is 6.01 Å². The Hall–Kier alpha value is -1.59. The molecule has 0 aliphatic carbocycles. The minimum atomic E-state index is -0.671. The van der Waals surface area contributed by atoms with Gasteiger partial charge in [0.2, 0.25) is 5.88 Å². The summed E-state index contributed by atoms with van der Waals surface area (Å²) in [4.78, 5) is 4.15. The third kappa shape index (κ3) is 2.64. The van der Waals surface area contributed by atoms with Crippen LogP contribution in [0.4, 0.5) is 4.39 Å². The highest BCUT2D eigenvalue weighted by Crippen LogP contribution is 2.29.